The van der Waals surface area contributed by atoms with Gasteiger partial charge in [-0.2, -0.15) is 0 Å². The van der Waals surface area contributed by atoms with Crippen LogP contribution < -0.4 is 10.6 Å². The molecule has 0 heterocycles. The molecule has 206 valence electrons. The molecule has 2 aromatic carbocycles. The maximum Gasteiger partial charge on any atom is 0.408 e. The van der Waals surface area contributed by atoms with E-state index in [1.165, 1.54) is 0 Å². The van der Waals surface area contributed by atoms with E-state index >= 15 is 0 Å². The summed E-state index contributed by atoms with van der Waals surface area (Å²) in [5.41, 5.74) is 2.12. The third kappa shape index (κ3) is 11.0. The Labute approximate surface area is 224 Å². The van der Waals surface area contributed by atoms with E-state index in [4.69, 9.17) is 14.2 Å². The molecule has 2 N–H and O–H groups in total. The van der Waals surface area contributed by atoms with Crippen molar-refractivity contribution in [1.29, 1.82) is 0 Å². The molecule has 9 heteroatoms. The van der Waals surface area contributed by atoms with Crippen LogP contribution >= 0.6 is 0 Å². The number of benzene rings is 2. The van der Waals surface area contributed by atoms with E-state index < -0.39 is 42.2 Å². The minimum absolute atomic E-state index is 0.0505. The van der Waals surface area contributed by atoms with Crippen LogP contribution in [0.2, 0.25) is 0 Å². The predicted octanol–water partition coefficient (Wildman–Crippen LogP) is 5.02. The van der Waals surface area contributed by atoms with Gasteiger partial charge >= 0.3 is 18.2 Å². The third-order valence-electron chi connectivity index (χ3n) is 5.51. The normalized spacial score (nSPS) is 11.7. The number of hydrogen-bond donors (Lipinski definition) is 2. The van der Waals surface area contributed by atoms with Crippen molar-refractivity contribution in [1.82, 2.24) is 10.6 Å². The molecular weight excluding hydrogens is 488 g/mol. The van der Waals surface area contributed by atoms with Gasteiger partial charge in [0.05, 0.1) is 11.6 Å². The molecule has 1 unspecified atom stereocenters. The average Bonchev–Trinajstić information content (AvgIpc) is 2.84. The zero-order valence-corrected chi connectivity index (χ0v) is 22.8. The number of unbranched alkanes of at least 4 members (excludes halogenated alkanes) is 1. The third-order valence-corrected chi connectivity index (χ3v) is 5.51. The topological polar surface area (TPSA) is 120 Å². The minimum atomic E-state index is -0.925. The van der Waals surface area contributed by atoms with Crippen molar-refractivity contribution in [2.75, 3.05) is 13.2 Å². The summed E-state index contributed by atoms with van der Waals surface area (Å²) in [6, 6.07) is 13.7. The summed E-state index contributed by atoms with van der Waals surface area (Å²) < 4.78 is 15.8. The van der Waals surface area contributed by atoms with Crippen LogP contribution in [0, 0.1) is 13.8 Å². The molecule has 0 saturated carbocycles. The van der Waals surface area contributed by atoms with Crippen molar-refractivity contribution >= 4 is 23.9 Å². The molecular formula is C29H38N2O7. The van der Waals surface area contributed by atoms with Gasteiger partial charge in [0.15, 0.2) is 12.4 Å². The first-order valence-electron chi connectivity index (χ1n) is 12.7. The van der Waals surface area contributed by atoms with Crippen LogP contribution in [0.4, 0.5) is 9.59 Å². The Balaban J connectivity index is 1.92. The number of ether oxygens (including phenoxy) is 3. The Bertz CT molecular complexity index is 1070. The minimum Gasteiger partial charge on any atom is -0.454 e. The summed E-state index contributed by atoms with van der Waals surface area (Å²) in [5, 5.41) is 5.25. The summed E-state index contributed by atoms with van der Waals surface area (Å²) in [7, 11) is 0. The van der Waals surface area contributed by atoms with Gasteiger partial charge in [0.25, 0.3) is 0 Å². The molecule has 0 spiro atoms. The van der Waals surface area contributed by atoms with Crippen LogP contribution in [-0.4, -0.2) is 48.7 Å². The summed E-state index contributed by atoms with van der Waals surface area (Å²) in [6.45, 7) is 8.82. The quantitative estimate of drug-likeness (QED) is 0.226. The summed E-state index contributed by atoms with van der Waals surface area (Å²) in [5.74, 6) is -1.05. The van der Waals surface area contributed by atoms with Crippen molar-refractivity contribution in [3.63, 3.8) is 0 Å². The lowest BCUT2D eigenvalue weighted by Gasteiger charge is -2.20. The van der Waals surface area contributed by atoms with Gasteiger partial charge in [-0.25, -0.2) is 14.4 Å². The standard InChI is InChI=1S/C29H38N2O7/c1-20-12-11-13-21(2)25(20)26(33)36-19-24(32)23(16-9-10-17-30-27(34)38-29(3,4)5)31-28(35)37-18-22-14-7-6-8-15-22/h6-8,11-15,23H,9-10,16-19H2,1-5H3,(H,30,34)(H,31,35). The molecule has 0 fully saturated rings. The zero-order valence-electron chi connectivity index (χ0n) is 22.8. The number of hydrogen-bond acceptors (Lipinski definition) is 7. The molecule has 38 heavy (non-hydrogen) atoms. The first-order valence-corrected chi connectivity index (χ1v) is 12.7. The number of alkyl carbamates (subject to hydrolysis) is 2. The van der Waals surface area contributed by atoms with Gasteiger partial charge in [-0.05, 0) is 70.6 Å². The number of Topliss-reactive ketones (excluding diaryl/α,β-unsaturated/α-hetero) is 1. The fourth-order valence-electron chi connectivity index (χ4n) is 3.64. The Morgan fingerprint density at radius 3 is 2.13 bits per heavy atom. The Hall–Kier alpha value is -3.88. The van der Waals surface area contributed by atoms with E-state index in [0.29, 0.717) is 24.9 Å². The first kappa shape index (κ1) is 30.3. The van der Waals surface area contributed by atoms with Gasteiger partial charge in [-0.15, -0.1) is 0 Å². The van der Waals surface area contributed by atoms with Gasteiger partial charge < -0.3 is 24.8 Å². The highest BCUT2D eigenvalue weighted by Crippen LogP contribution is 2.15. The van der Waals surface area contributed by atoms with Gasteiger partial charge in [0, 0.05) is 6.54 Å². The van der Waals surface area contributed by atoms with E-state index in [2.05, 4.69) is 10.6 Å². The van der Waals surface area contributed by atoms with Crippen molar-refractivity contribution < 1.29 is 33.4 Å². The van der Waals surface area contributed by atoms with Crippen molar-refractivity contribution in [3.05, 3.63) is 70.8 Å². The Morgan fingerprint density at radius 1 is 0.842 bits per heavy atom. The maximum absolute atomic E-state index is 13.0. The van der Waals surface area contributed by atoms with E-state index in [1.54, 1.807) is 46.8 Å². The van der Waals surface area contributed by atoms with E-state index in [-0.39, 0.29) is 13.0 Å². The Morgan fingerprint density at radius 2 is 1.50 bits per heavy atom. The fraction of sp³-hybridized carbons (Fsp3) is 0.448. The van der Waals surface area contributed by atoms with E-state index in [9.17, 15) is 19.2 Å². The number of nitrogens with one attached hydrogen (secondary N) is 2. The smallest absolute Gasteiger partial charge is 0.408 e. The maximum atomic E-state index is 13.0. The first-order chi connectivity index (χ1) is 18.0. The SMILES string of the molecule is Cc1cccc(C)c1C(=O)OCC(=O)C(CCCCNC(=O)OC(C)(C)C)NC(=O)OCc1ccccc1. The van der Waals surface area contributed by atoms with Gasteiger partial charge in [-0.1, -0.05) is 48.5 Å². The molecule has 0 aromatic heterocycles. The average molecular weight is 527 g/mol. The number of ketones is 1. The molecule has 2 rings (SSSR count). The van der Waals surface area contributed by atoms with Gasteiger partial charge in [-0.3, -0.25) is 4.79 Å². The molecule has 0 radical (unpaired) electrons. The largest absolute Gasteiger partial charge is 0.454 e. The summed E-state index contributed by atoms with van der Waals surface area (Å²) in [6.07, 6.45) is 0.0596. The number of esters is 1. The summed E-state index contributed by atoms with van der Waals surface area (Å²) >= 11 is 0. The van der Waals surface area contributed by atoms with E-state index in [1.807, 2.05) is 36.4 Å². The molecule has 0 bridgehead atoms. The number of rotatable bonds is 12. The van der Waals surface area contributed by atoms with Crippen LogP contribution in [0.25, 0.3) is 0 Å². The molecule has 0 aliphatic heterocycles. The molecule has 2 amide bonds. The van der Waals surface area contributed by atoms with Crippen molar-refractivity contribution in [3.8, 4) is 0 Å². The second kappa shape index (κ2) is 14.8. The lowest BCUT2D eigenvalue weighted by atomic mass is 10.0. The van der Waals surface area contributed by atoms with E-state index in [0.717, 1.165) is 16.7 Å². The Kier molecular flexibility index (Phi) is 11.8. The second-order valence-electron chi connectivity index (χ2n) is 9.99. The van der Waals surface area contributed by atoms with Gasteiger partial charge in [0.2, 0.25) is 0 Å². The highest BCUT2D eigenvalue weighted by Gasteiger charge is 2.24. The van der Waals surface area contributed by atoms with Crippen LogP contribution in [0.3, 0.4) is 0 Å². The van der Waals surface area contributed by atoms with Crippen LogP contribution in [0.15, 0.2) is 48.5 Å². The highest BCUT2D eigenvalue weighted by atomic mass is 16.6. The van der Waals surface area contributed by atoms with Crippen molar-refractivity contribution in [2.45, 2.75) is 72.1 Å². The molecule has 2 aromatic rings. The number of carbonyl (C=O) groups is 4. The molecule has 1 atom stereocenters. The predicted molar refractivity (Wildman–Crippen MR) is 143 cm³/mol. The number of amides is 2. The molecule has 0 saturated heterocycles. The second-order valence-corrected chi connectivity index (χ2v) is 9.99. The lowest BCUT2D eigenvalue weighted by Crippen LogP contribution is -2.43. The molecule has 9 nitrogen and oxygen atoms in total. The molecule has 0 aliphatic rings. The van der Waals surface area contributed by atoms with Gasteiger partial charge in [0.1, 0.15) is 12.2 Å². The lowest BCUT2D eigenvalue weighted by molar-refractivity contribution is -0.124. The molecule has 0 aliphatic carbocycles. The van der Waals surface area contributed by atoms with Crippen molar-refractivity contribution in [2.24, 2.45) is 0 Å². The number of aryl methyl sites for hydroxylation is 2. The summed E-state index contributed by atoms with van der Waals surface area (Å²) in [4.78, 5) is 49.8. The fourth-order valence-corrected chi connectivity index (χ4v) is 3.64. The van der Waals surface area contributed by atoms with Crippen LogP contribution in [-0.2, 0) is 25.6 Å². The highest BCUT2D eigenvalue weighted by molar-refractivity contribution is 5.95. The number of carbonyl (C=O) groups excluding carboxylic acids is 4. The monoisotopic (exact) mass is 526 g/mol. The zero-order chi connectivity index (χ0) is 28.1. The van der Waals surface area contributed by atoms with Crippen LogP contribution in [0.5, 0.6) is 0 Å². The van der Waals surface area contributed by atoms with Crippen LogP contribution in [0.1, 0.15) is 67.1 Å².